The number of rotatable bonds is 5. The van der Waals surface area contributed by atoms with E-state index in [0.717, 1.165) is 49.1 Å². The first kappa shape index (κ1) is 18.1. The minimum atomic E-state index is 0.302. The van der Waals surface area contributed by atoms with Crippen LogP contribution in [0.2, 0.25) is 0 Å². The third-order valence-corrected chi connectivity index (χ3v) is 6.17. The highest BCUT2D eigenvalue weighted by molar-refractivity contribution is 7.10. The topological polar surface area (TPSA) is 58.1 Å². The lowest BCUT2D eigenvalue weighted by Gasteiger charge is -2.32. The molecule has 1 unspecified atom stereocenters. The molecule has 2 aliphatic heterocycles. The van der Waals surface area contributed by atoms with Crippen LogP contribution in [0.25, 0.3) is 0 Å². The summed E-state index contributed by atoms with van der Waals surface area (Å²) in [5.74, 6) is 2.43. The van der Waals surface area contributed by atoms with Crippen LogP contribution < -0.4 is 20.1 Å². The molecule has 0 bridgehead atoms. The van der Waals surface area contributed by atoms with Gasteiger partial charge in [0.2, 0.25) is 6.79 Å². The molecule has 27 heavy (non-hydrogen) atoms. The van der Waals surface area contributed by atoms with Gasteiger partial charge in [0.25, 0.3) is 0 Å². The van der Waals surface area contributed by atoms with Crippen molar-refractivity contribution in [3.05, 3.63) is 45.6 Å². The van der Waals surface area contributed by atoms with Gasteiger partial charge in [-0.25, -0.2) is 0 Å². The Morgan fingerprint density at radius 3 is 3.04 bits per heavy atom. The molecule has 1 aromatic carbocycles. The fourth-order valence-corrected chi connectivity index (χ4v) is 4.37. The van der Waals surface area contributed by atoms with Gasteiger partial charge in [0.1, 0.15) is 0 Å². The molecule has 7 heteroatoms. The first-order valence-corrected chi connectivity index (χ1v) is 10.2. The Bertz CT molecular complexity index is 820. The molecule has 0 amide bonds. The zero-order chi connectivity index (χ0) is 18.6. The van der Waals surface area contributed by atoms with Crippen LogP contribution in [0, 0.1) is 0 Å². The Hall–Kier alpha value is -2.25. The molecule has 2 N–H and O–H groups in total. The molecular weight excluding hydrogens is 360 g/mol. The smallest absolute Gasteiger partial charge is 0.231 e. The highest BCUT2D eigenvalue weighted by Crippen LogP contribution is 2.32. The Morgan fingerprint density at radius 1 is 1.26 bits per heavy atom. The molecule has 1 aromatic heterocycles. The Kier molecular flexibility index (Phi) is 5.50. The number of aliphatic imine (C=N–C) groups is 1. The van der Waals surface area contributed by atoms with Crippen LogP contribution in [-0.4, -0.2) is 43.8 Å². The maximum atomic E-state index is 5.44. The van der Waals surface area contributed by atoms with Crippen molar-refractivity contribution in [2.24, 2.45) is 4.99 Å². The van der Waals surface area contributed by atoms with Crippen LogP contribution in [0.5, 0.6) is 11.5 Å². The van der Waals surface area contributed by atoms with Crippen LogP contribution in [0.1, 0.15) is 22.9 Å². The minimum Gasteiger partial charge on any atom is -0.454 e. The summed E-state index contributed by atoms with van der Waals surface area (Å²) in [6, 6.07) is 8.72. The van der Waals surface area contributed by atoms with Gasteiger partial charge in [-0.05, 0) is 48.1 Å². The number of nitrogens with zero attached hydrogens (tertiary/aromatic N) is 2. The number of hydrogen-bond acceptors (Lipinski definition) is 5. The molecule has 3 heterocycles. The van der Waals surface area contributed by atoms with Crippen molar-refractivity contribution in [3.63, 3.8) is 0 Å². The first-order valence-electron chi connectivity index (χ1n) is 9.35. The lowest BCUT2D eigenvalue weighted by Crippen LogP contribution is -2.47. The van der Waals surface area contributed by atoms with E-state index in [1.807, 2.05) is 29.5 Å². The van der Waals surface area contributed by atoms with Gasteiger partial charge in [-0.3, -0.25) is 9.89 Å². The van der Waals surface area contributed by atoms with E-state index in [2.05, 4.69) is 38.9 Å². The van der Waals surface area contributed by atoms with Gasteiger partial charge in [-0.2, -0.15) is 0 Å². The summed E-state index contributed by atoms with van der Waals surface area (Å²) in [7, 11) is 1.80. The van der Waals surface area contributed by atoms with Gasteiger partial charge in [0.15, 0.2) is 17.5 Å². The molecule has 2 aromatic rings. The predicted molar refractivity (Wildman–Crippen MR) is 109 cm³/mol. The highest BCUT2D eigenvalue weighted by atomic mass is 32.1. The molecule has 4 rings (SSSR count). The van der Waals surface area contributed by atoms with Crippen LogP contribution in [0.15, 0.2) is 34.6 Å². The predicted octanol–water partition coefficient (Wildman–Crippen LogP) is 2.59. The number of nitrogens with one attached hydrogen (secondary N) is 2. The van der Waals surface area contributed by atoms with Crippen LogP contribution in [0.3, 0.4) is 0 Å². The monoisotopic (exact) mass is 386 g/mol. The molecule has 1 atom stereocenters. The molecule has 6 nitrogen and oxygen atoms in total. The average molecular weight is 387 g/mol. The summed E-state index contributed by atoms with van der Waals surface area (Å²) in [5.41, 5.74) is 2.62. The van der Waals surface area contributed by atoms with Crippen molar-refractivity contribution in [2.45, 2.75) is 32.5 Å². The molecule has 0 aliphatic carbocycles. The molecule has 0 fully saturated rings. The number of benzene rings is 1. The molecule has 0 saturated carbocycles. The van der Waals surface area contributed by atoms with Gasteiger partial charge in [-0.15, -0.1) is 11.3 Å². The second-order valence-corrected chi connectivity index (χ2v) is 7.93. The lowest BCUT2D eigenvalue weighted by molar-refractivity contribution is 0.174. The SMILES string of the molecule is CN=C(NCc1ccc2c(c1)OCO2)NCC(C)N1CCc2sccc2C1. The van der Waals surface area contributed by atoms with Gasteiger partial charge in [0.05, 0.1) is 0 Å². The number of hydrogen-bond donors (Lipinski definition) is 2. The number of guanidine groups is 1. The Labute approximate surface area is 164 Å². The summed E-state index contributed by atoms with van der Waals surface area (Å²) >= 11 is 1.88. The summed E-state index contributed by atoms with van der Waals surface area (Å²) in [6.07, 6.45) is 1.16. The highest BCUT2D eigenvalue weighted by Gasteiger charge is 2.21. The van der Waals surface area contributed by atoms with Crippen molar-refractivity contribution < 1.29 is 9.47 Å². The van der Waals surface area contributed by atoms with E-state index in [1.165, 1.54) is 5.56 Å². The zero-order valence-corrected chi connectivity index (χ0v) is 16.6. The third-order valence-electron chi connectivity index (χ3n) is 5.15. The van der Waals surface area contributed by atoms with E-state index in [9.17, 15) is 0 Å². The second kappa shape index (κ2) is 8.19. The zero-order valence-electron chi connectivity index (χ0n) is 15.8. The van der Waals surface area contributed by atoms with Gasteiger partial charge in [-0.1, -0.05) is 6.07 Å². The molecule has 0 spiro atoms. The number of ether oxygens (including phenoxy) is 2. The van der Waals surface area contributed by atoms with Crippen molar-refractivity contribution in [2.75, 3.05) is 26.9 Å². The summed E-state index contributed by atoms with van der Waals surface area (Å²) in [4.78, 5) is 8.43. The fraction of sp³-hybridized carbons (Fsp3) is 0.450. The quantitative estimate of drug-likeness (QED) is 0.611. The maximum absolute atomic E-state index is 5.44. The van der Waals surface area contributed by atoms with Gasteiger partial charge in [0, 0.05) is 44.1 Å². The summed E-state index contributed by atoms with van der Waals surface area (Å²) in [5, 5.41) is 9.03. The van der Waals surface area contributed by atoms with Crippen molar-refractivity contribution >= 4 is 17.3 Å². The summed E-state index contributed by atoms with van der Waals surface area (Å²) in [6.45, 7) is 6.30. The second-order valence-electron chi connectivity index (χ2n) is 6.93. The van der Waals surface area contributed by atoms with Gasteiger partial charge >= 0.3 is 0 Å². The molecule has 0 saturated heterocycles. The van der Waals surface area contributed by atoms with Crippen molar-refractivity contribution in [1.29, 1.82) is 0 Å². The van der Waals surface area contributed by atoms with Gasteiger partial charge < -0.3 is 20.1 Å². The van der Waals surface area contributed by atoms with E-state index in [-0.39, 0.29) is 0 Å². The Balaban J connectivity index is 1.25. The van der Waals surface area contributed by atoms with Crippen molar-refractivity contribution in [1.82, 2.24) is 15.5 Å². The van der Waals surface area contributed by atoms with Crippen LogP contribution >= 0.6 is 11.3 Å². The molecule has 2 aliphatic rings. The lowest BCUT2D eigenvalue weighted by atomic mass is 10.1. The van der Waals surface area contributed by atoms with Crippen molar-refractivity contribution in [3.8, 4) is 11.5 Å². The van der Waals surface area contributed by atoms with E-state index in [0.29, 0.717) is 19.4 Å². The normalized spacial score (nSPS) is 17.5. The van der Waals surface area contributed by atoms with E-state index in [1.54, 1.807) is 11.9 Å². The van der Waals surface area contributed by atoms with Crippen LogP contribution in [-0.2, 0) is 19.5 Å². The maximum Gasteiger partial charge on any atom is 0.231 e. The fourth-order valence-electron chi connectivity index (χ4n) is 3.48. The van der Waals surface area contributed by atoms with E-state index in [4.69, 9.17) is 9.47 Å². The third kappa shape index (κ3) is 4.20. The molecular formula is C20H26N4O2S. The first-order chi connectivity index (χ1) is 13.2. The minimum absolute atomic E-state index is 0.302. The molecule has 144 valence electrons. The average Bonchev–Trinajstić information content (AvgIpc) is 3.35. The molecule has 0 radical (unpaired) electrons. The largest absolute Gasteiger partial charge is 0.454 e. The summed E-state index contributed by atoms with van der Waals surface area (Å²) < 4.78 is 10.8. The number of fused-ring (bicyclic) bond motifs is 2. The number of thiophene rings is 1. The van der Waals surface area contributed by atoms with E-state index >= 15 is 0 Å². The standard InChI is InChI=1S/C20H26N4O2S/c1-14(24-7-5-19-16(12-24)6-8-27-19)10-22-20(21-2)23-11-15-3-4-17-18(9-15)26-13-25-17/h3-4,6,8-9,14H,5,7,10-13H2,1-2H3,(H2,21,22,23). The Morgan fingerprint density at radius 2 is 2.15 bits per heavy atom. The van der Waals surface area contributed by atoms with E-state index < -0.39 is 0 Å². The van der Waals surface area contributed by atoms with Crippen LogP contribution in [0.4, 0.5) is 0 Å².